The zero-order chi connectivity index (χ0) is 18.4. The number of carbonyl (C=O) groups excluding carboxylic acids is 3. The Morgan fingerprint density at radius 3 is 2.00 bits per heavy atom. The maximum atomic E-state index is 12.1. The molecular formula is C17H16BrN3O4. The Morgan fingerprint density at radius 2 is 1.48 bits per heavy atom. The van der Waals surface area contributed by atoms with E-state index >= 15 is 0 Å². The summed E-state index contributed by atoms with van der Waals surface area (Å²) >= 11 is 3.29. The first-order valence-corrected chi connectivity index (χ1v) is 8.02. The first-order valence-electron chi connectivity index (χ1n) is 7.22. The van der Waals surface area contributed by atoms with E-state index in [1.807, 2.05) is 0 Å². The van der Waals surface area contributed by atoms with Crippen LogP contribution in [-0.2, 0) is 4.79 Å². The van der Waals surface area contributed by atoms with Crippen molar-refractivity contribution in [1.29, 1.82) is 0 Å². The first kappa shape index (κ1) is 18.5. The molecule has 0 radical (unpaired) electrons. The summed E-state index contributed by atoms with van der Waals surface area (Å²) in [5.41, 5.74) is 5.95. The van der Waals surface area contributed by atoms with Crippen LogP contribution in [0.3, 0.4) is 0 Å². The minimum absolute atomic E-state index is 0.199. The fraction of sp³-hybridized carbons (Fsp3) is 0.118. The molecule has 0 bridgehead atoms. The van der Waals surface area contributed by atoms with Crippen LogP contribution < -0.4 is 20.9 Å². The second-order valence-corrected chi connectivity index (χ2v) is 5.87. The Labute approximate surface area is 152 Å². The van der Waals surface area contributed by atoms with Crippen molar-refractivity contribution in [3.8, 4) is 5.75 Å². The van der Waals surface area contributed by atoms with Gasteiger partial charge in [-0.15, -0.1) is 0 Å². The Kier molecular flexibility index (Phi) is 6.13. The molecule has 0 saturated carbocycles. The smallest absolute Gasteiger partial charge is 0.269 e. The van der Waals surface area contributed by atoms with Crippen molar-refractivity contribution in [2.24, 2.45) is 0 Å². The van der Waals surface area contributed by atoms with Crippen molar-refractivity contribution in [3.05, 3.63) is 58.1 Å². The molecule has 130 valence electrons. The molecule has 7 nitrogen and oxygen atoms in total. The quantitative estimate of drug-likeness (QED) is 0.680. The van der Waals surface area contributed by atoms with Gasteiger partial charge in [0.25, 0.3) is 11.8 Å². The van der Waals surface area contributed by atoms with Gasteiger partial charge in [-0.25, -0.2) is 0 Å². The maximum absolute atomic E-state index is 12.1. The molecule has 2 aromatic carbocycles. The minimum Gasteiger partial charge on any atom is -0.496 e. The third-order valence-electron chi connectivity index (χ3n) is 3.17. The number of carbonyl (C=O) groups is 3. The maximum Gasteiger partial charge on any atom is 0.269 e. The summed E-state index contributed by atoms with van der Waals surface area (Å²) in [6.45, 7) is 1.40. The highest BCUT2D eigenvalue weighted by molar-refractivity contribution is 9.10. The van der Waals surface area contributed by atoms with Gasteiger partial charge in [0.05, 0.1) is 11.6 Å². The molecule has 0 aliphatic rings. The van der Waals surface area contributed by atoms with E-state index in [0.29, 0.717) is 27.0 Å². The fourth-order valence-corrected chi connectivity index (χ4v) is 2.51. The molecule has 0 aliphatic carbocycles. The molecule has 0 fully saturated rings. The van der Waals surface area contributed by atoms with Gasteiger partial charge in [0, 0.05) is 23.7 Å². The number of methoxy groups -OCH3 is 1. The van der Waals surface area contributed by atoms with Crippen LogP contribution in [0.4, 0.5) is 5.69 Å². The van der Waals surface area contributed by atoms with E-state index in [0.717, 1.165) is 0 Å². The Morgan fingerprint density at radius 1 is 0.920 bits per heavy atom. The minimum atomic E-state index is -0.477. The van der Waals surface area contributed by atoms with Gasteiger partial charge in [-0.1, -0.05) is 0 Å². The number of hydrazine groups is 1. The molecule has 0 unspecified atom stereocenters. The molecule has 25 heavy (non-hydrogen) atoms. The monoisotopic (exact) mass is 405 g/mol. The fourth-order valence-electron chi connectivity index (χ4n) is 1.97. The topological polar surface area (TPSA) is 96.5 Å². The van der Waals surface area contributed by atoms with Crippen LogP contribution in [0.5, 0.6) is 5.75 Å². The van der Waals surface area contributed by atoms with Crippen molar-refractivity contribution in [2.45, 2.75) is 6.92 Å². The van der Waals surface area contributed by atoms with E-state index in [-0.39, 0.29) is 5.91 Å². The molecule has 8 heteroatoms. The van der Waals surface area contributed by atoms with E-state index in [2.05, 4.69) is 32.1 Å². The summed E-state index contributed by atoms with van der Waals surface area (Å²) in [7, 11) is 1.53. The zero-order valence-electron chi connectivity index (χ0n) is 13.6. The van der Waals surface area contributed by atoms with E-state index in [1.54, 1.807) is 30.3 Å². The lowest BCUT2D eigenvalue weighted by atomic mass is 10.2. The molecule has 3 amide bonds. The Hall–Kier alpha value is -2.87. The second kappa shape index (κ2) is 8.29. The first-order chi connectivity index (χ1) is 11.9. The number of rotatable bonds is 4. The number of hydrogen-bond donors (Lipinski definition) is 3. The number of benzene rings is 2. The molecule has 0 saturated heterocycles. The largest absolute Gasteiger partial charge is 0.496 e. The third kappa shape index (κ3) is 5.05. The van der Waals surface area contributed by atoms with Crippen LogP contribution in [0, 0.1) is 0 Å². The van der Waals surface area contributed by atoms with Gasteiger partial charge < -0.3 is 10.1 Å². The zero-order valence-corrected chi connectivity index (χ0v) is 15.1. The van der Waals surface area contributed by atoms with Gasteiger partial charge in [0.1, 0.15) is 5.75 Å². The highest BCUT2D eigenvalue weighted by atomic mass is 79.9. The van der Waals surface area contributed by atoms with E-state index in [4.69, 9.17) is 4.74 Å². The van der Waals surface area contributed by atoms with Crippen molar-refractivity contribution in [2.75, 3.05) is 12.4 Å². The van der Waals surface area contributed by atoms with Crippen LogP contribution in [0.15, 0.2) is 46.9 Å². The van der Waals surface area contributed by atoms with E-state index < -0.39 is 11.8 Å². The molecular weight excluding hydrogens is 390 g/mol. The summed E-state index contributed by atoms with van der Waals surface area (Å²) in [6, 6.07) is 11.1. The number of nitrogens with one attached hydrogen (secondary N) is 3. The van der Waals surface area contributed by atoms with E-state index in [9.17, 15) is 14.4 Å². The normalized spacial score (nSPS) is 9.88. The van der Waals surface area contributed by atoms with Gasteiger partial charge in [0.15, 0.2) is 0 Å². The number of anilines is 1. The van der Waals surface area contributed by atoms with Crippen LogP contribution in [-0.4, -0.2) is 24.8 Å². The standard InChI is InChI=1S/C17H16BrN3O4/c1-10(22)19-13-6-3-11(4-7-13)16(23)20-21-17(24)12-5-8-15(25-2)14(18)9-12/h3-9H,1-2H3,(H,19,22)(H,20,23)(H,21,24). The molecule has 0 aliphatic heterocycles. The summed E-state index contributed by atoms with van der Waals surface area (Å²) in [5.74, 6) is -0.545. The summed E-state index contributed by atoms with van der Waals surface area (Å²) in [5, 5.41) is 2.60. The van der Waals surface area contributed by atoms with Crippen molar-refractivity contribution >= 4 is 39.3 Å². The molecule has 2 rings (SSSR count). The predicted molar refractivity (Wildman–Crippen MR) is 96.4 cm³/mol. The average Bonchev–Trinajstić information content (AvgIpc) is 2.59. The van der Waals surface area contributed by atoms with Crippen LogP contribution in [0.1, 0.15) is 27.6 Å². The molecule has 0 aromatic heterocycles. The third-order valence-corrected chi connectivity index (χ3v) is 3.79. The number of amides is 3. The number of halogens is 1. The summed E-state index contributed by atoms with van der Waals surface area (Å²) in [4.78, 5) is 35.1. The van der Waals surface area contributed by atoms with Gasteiger partial charge in [-0.3, -0.25) is 25.2 Å². The van der Waals surface area contributed by atoms with Crippen LogP contribution >= 0.6 is 15.9 Å². The van der Waals surface area contributed by atoms with Crippen molar-refractivity contribution in [1.82, 2.24) is 10.9 Å². The molecule has 0 heterocycles. The predicted octanol–water partition coefficient (Wildman–Crippen LogP) is 2.49. The lowest BCUT2D eigenvalue weighted by Gasteiger charge is -2.09. The molecule has 0 atom stereocenters. The van der Waals surface area contributed by atoms with E-state index in [1.165, 1.54) is 26.2 Å². The molecule has 3 N–H and O–H groups in total. The lowest BCUT2D eigenvalue weighted by molar-refractivity contribution is -0.114. The van der Waals surface area contributed by atoms with Gasteiger partial charge in [-0.05, 0) is 58.4 Å². The van der Waals surface area contributed by atoms with Crippen molar-refractivity contribution < 1.29 is 19.1 Å². The number of hydrogen-bond acceptors (Lipinski definition) is 4. The molecule has 2 aromatic rings. The van der Waals surface area contributed by atoms with Gasteiger partial charge in [-0.2, -0.15) is 0 Å². The molecule has 0 spiro atoms. The van der Waals surface area contributed by atoms with Gasteiger partial charge >= 0.3 is 0 Å². The summed E-state index contributed by atoms with van der Waals surface area (Å²) in [6.07, 6.45) is 0. The number of ether oxygens (including phenoxy) is 1. The Balaban J connectivity index is 1.96. The highest BCUT2D eigenvalue weighted by Crippen LogP contribution is 2.25. The SMILES string of the molecule is COc1ccc(C(=O)NNC(=O)c2ccc(NC(C)=O)cc2)cc1Br. The van der Waals surface area contributed by atoms with Crippen LogP contribution in [0.2, 0.25) is 0 Å². The average molecular weight is 406 g/mol. The Bertz CT molecular complexity index is 806. The van der Waals surface area contributed by atoms with Gasteiger partial charge in [0.2, 0.25) is 5.91 Å². The lowest BCUT2D eigenvalue weighted by Crippen LogP contribution is -2.41. The second-order valence-electron chi connectivity index (χ2n) is 5.02. The van der Waals surface area contributed by atoms with Crippen LogP contribution in [0.25, 0.3) is 0 Å². The highest BCUT2D eigenvalue weighted by Gasteiger charge is 2.11. The van der Waals surface area contributed by atoms with Crippen molar-refractivity contribution in [3.63, 3.8) is 0 Å². The summed E-state index contributed by atoms with van der Waals surface area (Å²) < 4.78 is 5.72.